The number of rotatable bonds is 5. The fourth-order valence-corrected chi connectivity index (χ4v) is 3.66. The summed E-state index contributed by atoms with van der Waals surface area (Å²) in [5.41, 5.74) is 2.93. The van der Waals surface area contributed by atoms with Gasteiger partial charge in [-0.05, 0) is 65.7 Å². The summed E-state index contributed by atoms with van der Waals surface area (Å²) in [4.78, 5) is 12.5. The molecule has 1 amide bonds. The zero-order valence-corrected chi connectivity index (χ0v) is 18.2. The summed E-state index contributed by atoms with van der Waals surface area (Å²) >= 11 is 11.9. The molecular weight excluding hydrogens is 448 g/mol. The number of carbonyl (C=O) groups excluding carboxylic acids is 1. The van der Waals surface area contributed by atoms with Gasteiger partial charge in [0.15, 0.2) is 0 Å². The van der Waals surface area contributed by atoms with Crippen molar-refractivity contribution in [2.75, 3.05) is 5.32 Å². The molecule has 4 rings (SSSR count). The number of benzene rings is 3. The highest BCUT2D eigenvalue weighted by atomic mass is 35.5. The number of aromatic nitrogens is 1. The second kappa shape index (κ2) is 9.27. The third-order valence-electron chi connectivity index (χ3n) is 4.89. The van der Waals surface area contributed by atoms with Crippen LogP contribution in [0.5, 0.6) is 0 Å². The molecule has 7 heteroatoms. The molecule has 0 saturated carbocycles. The second-order valence-corrected chi connectivity index (χ2v) is 7.96. The Balaban J connectivity index is 1.56. The minimum absolute atomic E-state index is 0.0467. The molecule has 1 N–H and O–H groups in total. The van der Waals surface area contributed by atoms with Gasteiger partial charge in [-0.3, -0.25) is 4.79 Å². The first-order valence-electron chi connectivity index (χ1n) is 9.64. The van der Waals surface area contributed by atoms with Crippen molar-refractivity contribution in [1.82, 2.24) is 4.57 Å². The Hall–Kier alpha value is -3.59. The number of nitriles is 1. The Morgan fingerprint density at radius 2 is 1.91 bits per heavy atom. The van der Waals surface area contributed by atoms with E-state index in [0.717, 1.165) is 16.5 Å². The number of nitrogens with one attached hydrogen (secondary N) is 1. The molecule has 1 heterocycles. The van der Waals surface area contributed by atoms with E-state index in [0.29, 0.717) is 27.8 Å². The Labute approximate surface area is 194 Å². The van der Waals surface area contributed by atoms with Crippen LogP contribution in [-0.2, 0) is 11.3 Å². The molecule has 0 bridgehead atoms. The maximum atomic E-state index is 13.5. The van der Waals surface area contributed by atoms with Crippen LogP contribution in [0.3, 0.4) is 0 Å². The van der Waals surface area contributed by atoms with Crippen LogP contribution < -0.4 is 5.32 Å². The summed E-state index contributed by atoms with van der Waals surface area (Å²) in [5, 5.41) is 13.7. The molecule has 0 aliphatic heterocycles. The van der Waals surface area contributed by atoms with Crippen molar-refractivity contribution >= 4 is 51.8 Å². The van der Waals surface area contributed by atoms with Gasteiger partial charge in [0.2, 0.25) is 0 Å². The van der Waals surface area contributed by atoms with Crippen LogP contribution in [0.25, 0.3) is 17.0 Å². The molecule has 0 spiro atoms. The summed E-state index contributed by atoms with van der Waals surface area (Å²) in [6.45, 7) is 0.534. The van der Waals surface area contributed by atoms with Crippen molar-refractivity contribution in [2.24, 2.45) is 0 Å². The van der Waals surface area contributed by atoms with Crippen LogP contribution in [0, 0.1) is 17.1 Å². The largest absolute Gasteiger partial charge is 0.343 e. The van der Waals surface area contributed by atoms with E-state index < -0.39 is 5.91 Å². The van der Waals surface area contributed by atoms with Crippen LogP contribution >= 0.6 is 23.2 Å². The van der Waals surface area contributed by atoms with Gasteiger partial charge in [0.1, 0.15) is 17.5 Å². The predicted octanol–water partition coefficient (Wildman–Crippen LogP) is 6.68. The van der Waals surface area contributed by atoms with Crippen LogP contribution in [0.4, 0.5) is 10.1 Å². The van der Waals surface area contributed by atoms with Crippen LogP contribution in [-0.4, -0.2) is 10.5 Å². The molecule has 1 aromatic heterocycles. The molecule has 0 saturated heterocycles. The summed E-state index contributed by atoms with van der Waals surface area (Å²) in [6, 6.07) is 20.7. The van der Waals surface area contributed by atoms with Gasteiger partial charge in [-0.2, -0.15) is 5.26 Å². The topological polar surface area (TPSA) is 57.8 Å². The van der Waals surface area contributed by atoms with Gasteiger partial charge in [0.25, 0.3) is 5.91 Å². The van der Waals surface area contributed by atoms with E-state index in [1.165, 1.54) is 24.3 Å². The molecular formula is C25H16Cl2FN3O. The number of hydrogen-bond donors (Lipinski definition) is 1. The first kappa shape index (κ1) is 21.6. The van der Waals surface area contributed by atoms with E-state index in [1.54, 1.807) is 18.2 Å². The number of hydrogen-bond acceptors (Lipinski definition) is 2. The lowest BCUT2D eigenvalue weighted by Crippen LogP contribution is -2.13. The Bertz CT molecular complexity index is 1400. The SMILES string of the molecule is N#C/C(=C\c1ccc2c(ccn2Cc2cccc(F)c2)c1)C(=O)Nc1ccc(Cl)c(Cl)c1. The van der Waals surface area contributed by atoms with Gasteiger partial charge >= 0.3 is 0 Å². The van der Waals surface area contributed by atoms with E-state index in [4.69, 9.17) is 23.2 Å². The minimum atomic E-state index is -0.547. The smallest absolute Gasteiger partial charge is 0.266 e. The fraction of sp³-hybridized carbons (Fsp3) is 0.0400. The summed E-state index contributed by atoms with van der Waals surface area (Å²) < 4.78 is 15.5. The van der Waals surface area contributed by atoms with Crippen LogP contribution in [0.1, 0.15) is 11.1 Å². The quantitative estimate of drug-likeness (QED) is 0.265. The van der Waals surface area contributed by atoms with E-state index >= 15 is 0 Å². The molecule has 0 aliphatic carbocycles. The standard InChI is InChI=1S/C25H16Cl2FN3O/c26-22-6-5-21(13-23(22)27)30-25(32)19(14-29)11-16-4-7-24-18(10-16)8-9-31(24)15-17-2-1-3-20(28)12-17/h1-13H,15H2,(H,30,32)/b19-11+. The van der Waals surface area contributed by atoms with E-state index in [2.05, 4.69) is 5.32 Å². The van der Waals surface area contributed by atoms with Crippen LogP contribution in [0.2, 0.25) is 10.0 Å². The summed E-state index contributed by atoms with van der Waals surface area (Å²) in [7, 11) is 0. The van der Waals surface area contributed by atoms with Gasteiger partial charge in [0.05, 0.1) is 10.0 Å². The molecule has 0 unspecified atom stereocenters. The van der Waals surface area contributed by atoms with E-state index in [-0.39, 0.29) is 11.4 Å². The Morgan fingerprint density at radius 1 is 1.06 bits per heavy atom. The number of anilines is 1. The maximum absolute atomic E-state index is 13.5. The molecule has 0 aliphatic rings. The van der Waals surface area contributed by atoms with Crippen molar-refractivity contribution in [3.63, 3.8) is 0 Å². The molecule has 0 radical (unpaired) electrons. The highest BCUT2D eigenvalue weighted by Gasteiger charge is 2.11. The molecule has 32 heavy (non-hydrogen) atoms. The molecule has 0 atom stereocenters. The van der Waals surface area contributed by atoms with Gasteiger partial charge in [-0.25, -0.2) is 4.39 Å². The maximum Gasteiger partial charge on any atom is 0.266 e. The van der Waals surface area contributed by atoms with E-state index in [1.807, 2.05) is 47.2 Å². The first-order chi connectivity index (χ1) is 15.4. The normalized spacial score (nSPS) is 11.4. The first-order valence-corrected chi connectivity index (χ1v) is 10.4. The average Bonchev–Trinajstić information content (AvgIpc) is 3.16. The average molecular weight is 464 g/mol. The summed E-state index contributed by atoms with van der Waals surface area (Å²) in [6.07, 6.45) is 3.45. The lowest BCUT2D eigenvalue weighted by molar-refractivity contribution is -0.112. The third-order valence-corrected chi connectivity index (χ3v) is 5.63. The van der Waals surface area contributed by atoms with Gasteiger partial charge < -0.3 is 9.88 Å². The Kier molecular flexibility index (Phi) is 6.27. The molecule has 3 aromatic carbocycles. The van der Waals surface area contributed by atoms with Gasteiger partial charge in [-0.1, -0.05) is 41.4 Å². The summed E-state index contributed by atoms with van der Waals surface area (Å²) in [5.74, 6) is -0.816. The predicted molar refractivity (Wildman–Crippen MR) is 126 cm³/mol. The minimum Gasteiger partial charge on any atom is -0.343 e. The lowest BCUT2D eigenvalue weighted by Gasteiger charge is -2.07. The number of amides is 1. The molecule has 158 valence electrons. The fourth-order valence-electron chi connectivity index (χ4n) is 3.37. The number of carbonyl (C=O) groups is 1. The second-order valence-electron chi connectivity index (χ2n) is 7.14. The van der Waals surface area contributed by atoms with E-state index in [9.17, 15) is 14.4 Å². The molecule has 0 fully saturated rings. The Morgan fingerprint density at radius 3 is 2.66 bits per heavy atom. The van der Waals surface area contributed by atoms with Crippen LogP contribution in [0.15, 0.2) is 78.5 Å². The van der Waals surface area contributed by atoms with Gasteiger partial charge in [-0.15, -0.1) is 0 Å². The molecule has 4 nitrogen and oxygen atoms in total. The third kappa shape index (κ3) is 4.83. The van der Waals surface area contributed by atoms with Crippen molar-refractivity contribution in [2.45, 2.75) is 6.54 Å². The lowest BCUT2D eigenvalue weighted by atomic mass is 10.1. The zero-order valence-electron chi connectivity index (χ0n) is 16.6. The zero-order chi connectivity index (χ0) is 22.7. The molecule has 4 aromatic rings. The number of halogens is 3. The van der Waals surface area contributed by atoms with Crippen molar-refractivity contribution in [3.05, 3.63) is 105 Å². The number of fused-ring (bicyclic) bond motifs is 1. The number of nitrogens with zero attached hydrogens (tertiary/aromatic N) is 2. The van der Waals surface area contributed by atoms with Crippen molar-refractivity contribution < 1.29 is 9.18 Å². The van der Waals surface area contributed by atoms with Crippen molar-refractivity contribution in [1.29, 1.82) is 5.26 Å². The highest BCUT2D eigenvalue weighted by Crippen LogP contribution is 2.26. The van der Waals surface area contributed by atoms with Crippen molar-refractivity contribution in [3.8, 4) is 6.07 Å². The van der Waals surface area contributed by atoms with Gasteiger partial charge in [0, 0.05) is 29.3 Å². The highest BCUT2D eigenvalue weighted by molar-refractivity contribution is 6.42. The monoisotopic (exact) mass is 463 g/mol.